The molecule has 4 aromatic rings. The Hall–Kier alpha value is -2.51. The van der Waals surface area contributed by atoms with Crippen molar-refractivity contribution in [3.05, 3.63) is 63.3 Å². The van der Waals surface area contributed by atoms with Crippen LogP contribution in [-0.2, 0) is 10.0 Å². The highest BCUT2D eigenvalue weighted by Crippen LogP contribution is 2.40. The molecule has 148 valence electrons. The molecular weight excluding hydrogens is 452 g/mol. The lowest BCUT2D eigenvalue weighted by molar-refractivity contribution is -0.388. The third-order valence-corrected chi connectivity index (χ3v) is 7.49. The van der Waals surface area contributed by atoms with Gasteiger partial charge in [-0.05, 0) is 46.8 Å². The second kappa shape index (κ2) is 7.72. The maximum absolute atomic E-state index is 11.5. The standard InChI is InChI=1S/C17H12N4O4S4/c18-29(24,25)10-5-6-12(11(9-10)21(22)23)28-17-19-15(13-3-1-7-26-13)16(20-17)14-4-2-8-27-14/h1-9H,(H,19,20)(H2,18,24,25). The van der Waals surface area contributed by atoms with Crippen LogP contribution in [0.25, 0.3) is 21.1 Å². The zero-order valence-electron chi connectivity index (χ0n) is 14.4. The molecule has 3 heterocycles. The molecule has 0 saturated carbocycles. The SMILES string of the molecule is NS(=O)(=O)c1ccc(Sc2nc(-c3cccs3)c(-c3cccs3)[nH]2)c([N+](=O)[O-])c1. The van der Waals surface area contributed by atoms with Crippen LogP contribution in [-0.4, -0.2) is 23.3 Å². The largest absolute Gasteiger partial charge is 0.331 e. The number of nitro benzene ring substituents is 1. The van der Waals surface area contributed by atoms with Gasteiger partial charge in [0.1, 0.15) is 5.69 Å². The molecule has 8 nitrogen and oxygen atoms in total. The summed E-state index contributed by atoms with van der Waals surface area (Å²) in [5.41, 5.74) is 1.23. The molecule has 0 aliphatic carbocycles. The molecule has 0 amide bonds. The van der Waals surface area contributed by atoms with Crippen molar-refractivity contribution in [1.29, 1.82) is 0 Å². The van der Waals surface area contributed by atoms with Crippen LogP contribution in [0.4, 0.5) is 5.69 Å². The predicted octanol–water partition coefficient (Wildman–Crippen LogP) is 4.57. The van der Waals surface area contributed by atoms with Crippen molar-refractivity contribution < 1.29 is 13.3 Å². The van der Waals surface area contributed by atoms with Gasteiger partial charge in [-0.2, -0.15) is 0 Å². The minimum Gasteiger partial charge on any atom is -0.331 e. The molecule has 3 N–H and O–H groups in total. The van der Waals surface area contributed by atoms with Gasteiger partial charge in [-0.25, -0.2) is 18.5 Å². The molecule has 0 unspecified atom stereocenters. The highest BCUT2D eigenvalue weighted by Gasteiger charge is 2.22. The number of hydrogen-bond acceptors (Lipinski definition) is 8. The number of sulfonamides is 1. The van der Waals surface area contributed by atoms with Crippen LogP contribution in [0, 0.1) is 10.1 Å². The van der Waals surface area contributed by atoms with Crippen molar-refractivity contribution in [3.8, 4) is 21.1 Å². The molecule has 0 spiro atoms. The predicted molar refractivity (Wildman–Crippen MR) is 114 cm³/mol. The number of nitrogens with two attached hydrogens (primary N) is 1. The van der Waals surface area contributed by atoms with Crippen molar-refractivity contribution in [3.63, 3.8) is 0 Å². The Labute approximate surface area is 177 Å². The summed E-state index contributed by atoms with van der Waals surface area (Å²) in [5, 5.41) is 20.9. The van der Waals surface area contributed by atoms with E-state index >= 15 is 0 Å². The number of primary sulfonamides is 1. The first kappa shape index (κ1) is 19.8. The first-order chi connectivity index (χ1) is 13.8. The van der Waals surface area contributed by atoms with Gasteiger partial charge in [-0.1, -0.05) is 12.1 Å². The van der Waals surface area contributed by atoms with Gasteiger partial charge in [-0.15, -0.1) is 22.7 Å². The normalized spacial score (nSPS) is 11.6. The molecule has 1 aromatic carbocycles. The average molecular weight is 465 g/mol. The van der Waals surface area contributed by atoms with Crippen LogP contribution >= 0.6 is 34.4 Å². The molecule has 0 aliphatic heterocycles. The minimum atomic E-state index is -4.04. The summed E-state index contributed by atoms with van der Waals surface area (Å²) < 4.78 is 23.0. The molecule has 0 fully saturated rings. The van der Waals surface area contributed by atoms with Crippen molar-refractivity contribution in [2.75, 3.05) is 0 Å². The molecule has 0 aliphatic rings. The molecule has 0 saturated heterocycles. The number of benzene rings is 1. The zero-order valence-corrected chi connectivity index (χ0v) is 17.7. The van der Waals surface area contributed by atoms with Crippen LogP contribution in [0.15, 0.2) is 68.2 Å². The number of aromatic amines is 1. The van der Waals surface area contributed by atoms with E-state index in [1.54, 1.807) is 22.7 Å². The number of nitrogens with zero attached hydrogens (tertiary/aromatic N) is 2. The first-order valence-electron chi connectivity index (χ1n) is 8.00. The third kappa shape index (κ3) is 4.11. The number of nitro groups is 1. The van der Waals surface area contributed by atoms with Crippen molar-refractivity contribution in [2.24, 2.45) is 5.14 Å². The molecule has 12 heteroatoms. The Morgan fingerprint density at radius 3 is 2.38 bits per heavy atom. The van der Waals surface area contributed by atoms with E-state index in [0.29, 0.717) is 5.16 Å². The lowest BCUT2D eigenvalue weighted by atomic mass is 10.2. The number of nitrogens with one attached hydrogen (secondary N) is 1. The smallest absolute Gasteiger partial charge is 0.284 e. The number of imidazole rings is 1. The molecule has 4 rings (SSSR count). The Kier molecular flexibility index (Phi) is 5.27. The van der Waals surface area contributed by atoms with E-state index in [1.165, 1.54) is 12.1 Å². The quantitative estimate of drug-likeness (QED) is 0.317. The van der Waals surface area contributed by atoms with Gasteiger partial charge < -0.3 is 4.98 Å². The van der Waals surface area contributed by atoms with E-state index in [9.17, 15) is 18.5 Å². The van der Waals surface area contributed by atoms with Gasteiger partial charge >= 0.3 is 0 Å². The minimum absolute atomic E-state index is 0.256. The molecule has 0 bridgehead atoms. The summed E-state index contributed by atoms with van der Waals surface area (Å²) in [5.74, 6) is 0. The number of rotatable bonds is 6. The highest BCUT2D eigenvalue weighted by molar-refractivity contribution is 7.99. The van der Waals surface area contributed by atoms with Gasteiger partial charge in [0.15, 0.2) is 5.16 Å². The molecule has 29 heavy (non-hydrogen) atoms. The summed E-state index contributed by atoms with van der Waals surface area (Å²) in [4.78, 5) is 20.6. The highest BCUT2D eigenvalue weighted by atomic mass is 32.2. The third-order valence-electron chi connectivity index (χ3n) is 3.87. The van der Waals surface area contributed by atoms with E-state index in [4.69, 9.17) is 5.14 Å². The summed E-state index contributed by atoms with van der Waals surface area (Å²) in [7, 11) is -4.04. The van der Waals surface area contributed by atoms with E-state index in [0.717, 1.165) is 39.0 Å². The fourth-order valence-corrected chi connectivity index (χ4v) is 5.45. The van der Waals surface area contributed by atoms with Crippen molar-refractivity contribution in [1.82, 2.24) is 9.97 Å². The van der Waals surface area contributed by atoms with Crippen LogP contribution < -0.4 is 5.14 Å². The second-order valence-corrected chi connectivity index (χ2v) is 10.2. The van der Waals surface area contributed by atoms with Gasteiger partial charge in [0, 0.05) is 6.07 Å². The Morgan fingerprint density at radius 1 is 1.10 bits per heavy atom. The zero-order chi connectivity index (χ0) is 20.6. The Morgan fingerprint density at radius 2 is 1.79 bits per heavy atom. The van der Waals surface area contributed by atoms with Gasteiger partial charge in [0.25, 0.3) is 5.69 Å². The van der Waals surface area contributed by atoms with E-state index in [1.807, 2.05) is 35.0 Å². The molecule has 0 radical (unpaired) electrons. The fourth-order valence-electron chi connectivity index (χ4n) is 2.60. The maximum atomic E-state index is 11.5. The lowest BCUT2D eigenvalue weighted by Crippen LogP contribution is -2.12. The number of aromatic nitrogens is 2. The van der Waals surface area contributed by atoms with Crippen LogP contribution in [0.3, 0.4) is 0 Å². The lowest BCUT2D eigenvalue weighted by Gasteiger charge is -2.03. The van der Waals surface area contributed by atoms with E-state index in [2.05, 4.69) is 9.97 Å². The first-order valence-corrected chi connectivity index (χ1v) is 12.1. The summed E-state index contributed by atoms with van der Waals surface area (Å²) in [6.07, 6.45) is 0. The van der Waals surface area contributed by atoms with Crippen molar-refractivity contribution in [2.45, 2.75) is 14.9 Å². The second-order valence-electron chi connectivity index (χ2n) is 5.75. The monoisotopic (exact) mass is 464 g/mol. The molecule has 3 aromatic heterocycles. The van der Waals surface area contributed by atoms with Crippen LogP contribution in [0.5, 0.6) is 0 Å². The fraction of sp³-hybridized carbons (Fsp3) is 0. The maximum Gasteiger partial charge on any atom is 0.284 e. The van der Waals surface area contributed by atoms with E-state index < -0.39 is 14.9 Å². The number of thiophene rings is 2. The van der Waals surface area contributed by atoms with E-state index in [-0.39, 0.29) is 15.5 Å². The number of hydrogen-bond donors (Lipinski definition) is 2. The summed E-state index contributed by atoms with van der Waals surface area (Å²) in [6, 6.07) is 11.3. The molecule has 0 atom stereocenters. The van der Waals surface area contributed by atoms with Gasteiger partial charge in [0.05, 0.1) is 30.2 Å². The van der Waals surface area contributed by atoms with Crippen LogP contribution in [0.2, 0.25) is 0 Å². The van der Waals surface area contributed by atoms with Crippen molar-refractivity contribution >= 4 is 50.1 Å². The molecular formula is C17H12N4O4S4. The van der Waals surface area contributed by atoms with Gasteiger partial charge in [0.2, 0.25) is 10.0 Å². The van der Waals surface area contributed by atoms with Crippen LogP contribution in [0.1, 0.15) is 0 Å². The topological polar surface area (TPSA) is 132 Å². The summed E-state index contributed by atoms with van der Waals surface area (Å²) in [6.45, 7) is 0. The summed E-state index contributed by atoms with van der Waals surface area (Å²) >= 11 is 4.16. The average Bonchev–Trinajstić information content (AvgIpc) is 3.41. The Bertz CT molecular complexity index is 1230. The Balaban J connectivity index is 1.77. The van der Waals surface area contributed by atoms with Gasteiger partial charge in [-0.3, -0.25) is 10.1 Å². The number of H-pyrrole nitrogens is 1.